The van der Waals surface area contributed by atoms with Gasteiger partial charge >= 0.3 is 0 Å². The van der Waals surface area contributed by atoms with Gasteiger partial charge in [0.05, 0.1) is 18.6 Å². The molecule has 74 valence electrons. The van der Waals surface area contributed by atoms with E-state index in [1.807, 2.05) is 13.1 Å². The van der Waals surface area contributed by atoms with E-state index in [1.54, 1.807) is 23.9 Å². The van der Waals surface area contributed by atoms with Gasteiger partial charge in [0.15, 0.2) is 0 Å². The summed E-state index contributed by atoms with van der Waals surface area (Å²) in [6.45, 7) is 0. The molecule has 0 bridgehead atoms. The van der Waals surface area contributed by atoms with E-state index in [4.69, 9.17) is 4.42 Å². The van der Waals surface area contributed by atoms with E-state index in [9.17, 15) is 0 Å². The molecule has 0 aliphatic heterocycles. The molecule has 2 aromatic heterocycles. The highest BCUT2D eigenvalue weighted by atomic mass is 79.9. The molecule has 0 saturated heterocycles. The lowest BCUT2D eigenvalue weighted by atomic mass is 10.1. The van der Waals surface area contributed by atoms with Gasteiger partial charge in [0.25, 0.3) is 0 Å². The molecule has 0 amide bonds. The lowest BCUT2D eigenvalue weighted by Gasteiger charge is -2.11. The number of thiophene rings is 1. The predicted molar refractivity (Wildman–Crippen MR) is 61.6 cm³/mol. The summed E-state index contributed by atoms with van der Waals surface area (Å²) in [5.41, 5.74) is 1.15. The number of rotatable bonds is 3. The highest BCUT2D eigenvalue weighted by molar-refractivity contribution is 9.10. The molecule has 2 heterocycles. The Morgan fingerprint density at radius 1 is 1.57 bits per heavy atom. The molecule has 0 aliphatic carbocycles. The average molecular weight is 272 g/mol. The van der Waals surface area contributed by atoms with Crippen LogP contribution >= 0.6 is 27.3 Å². The van der Waals surface area contributed by atoms with Gasteiger partial charge in [0.1, 0.15) is 0 Å². The summed E-state index contributed by atoms with van der Waals surface area (Å²) >= 11 is 5.18. The zero-order valence-corrected chi connectivity index (χ0v) is 10.1. The van der Waals surface area contributed by atoms with E-state index < -0.39 is 0 Å². The Hall–Kier alpha value is -0.580. The average Bonchev–Trinajstić information content (AvgIpc) is 2.79. The third kappa shape index (κ3) is 1.92. The molecule has 0 aromatic carbocycles. The van der Waals surface area contributed by atoms with Crippen molar-refractivity contribution in [2.45, 2.75) is 6.04 Å². The first kappa shape index (κ1) is 9.96. The first-order valence-corrected chi connectivity index (χ1v) is 5.92. The van der Waals surface area contributed by atoms with Crippen LogP contribution in [0, 0.1) is 0 Å². The Labute approximate surface area is 95.1 Å². The van der Waals surface area contributed by atoms with E-state index in [-0.39, 0.29) is 6.04 Å². The van der Waals surface area contributed by atoms with Gasteiger partial charge in [-0.15, -0.1) is 11.3 Å². The van der Waals surface area contributed by atoms with Crippen molar-refractivity contribution in [2.24, 2.45) is 0 Å². The second-order valence-electron chi connectivity index (χ2n) is 2.95. The summed E-state index contributed by atoms with van der Waals surface area (Å²) in [4.78, 5) is 1.28. The van der Waals surface area contributed by atoms with Crippen LogP contribution in [0.1, 0.15) is 16.5 Å². The summed E-state index contributed by atoms with van der Waals surface area (Å²) in [6, 6.07) is 4.33. The van der Waals surface area contributed by atoms with E-state index in [0.717, 1.165) is 10.0 Å². The second-order valence-corrected chi connectivity index (χ2v) is 4.80. The number of hydrogen-bond donors (Lipinski definition) is 1. The fourth-order valence-corrected chi connectivity index (χ4v) is 2.97. The van der Waals surface area contributed by atoms with E-state index >= 15 is 0 Å². The molecule has 0 aliphatic rings. The van der Waals surface area contributed by atoms with Gasteiger partial charge in [-0.3, -0.25) is 0 Å². The zero-order valence-electron chi connectivity index (χ0n) is 7.66. The normalized spacial score (nSPS) is 13.0. The fourth-order valence-electron chi connectivity index (χ4n) is 1.39. The minimum atomic E-state index is 0.227. The molecule has 1 N–H and O–H groups in total. The van der Waals surface area contributed by atoms with Gasteiger partial charge < -0.3 is 9.73 Å². The standard InChI is InChI=1S/C10H10BrNOS/c1-12-10(7-2-3-13-5-7)9-4-8(11)6-14-9/h2-6,10,12H,1H3. The molecule has 4 heteroatoms. The number of hydrogen-bond acceptors (Lipinski definition) is 3. The van der Waals surface area contributed by atoms with Gasteiger partial charge in [-0.1, -0.05) is 0 Å². The van der Waals surface area contributed by atoms with Crippen LogP contribution in [0.4, 0.5) is 0 Å². The first-order valence-electron chi connectivity index (χ1n) is 4.24. The maximum absolute atomic E-state index is 5.08. The lowest BCUT2D eigenvalue weighted by molar-refractivity contribution is 0.558. The summed E-state index contributed by atoms with van der Waals surface area (Å²) in [6.07, 6.45) is 3.47. The largest absolute Gasteiger partial charge is 0.472 e. The van der Waals surface area contributed by atoms with Crippen LogP contribution < -0.4 is 5.32 Å². The maximum atomic E-state index is 5.08. The van der Waals surface area contributed by atoms with Crippen LogP contribution in [-0.4, -0.2) is 7.05 Å². The van der Waals surface area contributed by atoms with Crippen molar-refractivity contribution in [3.05, 3.63) is 45.0 Å². The Morgan fingerprint density at radius 2 is 2.43 bits per heavy atom. The Kier molecular flexibility index (Phi) is 3.05. The van der Waals surface area contributed by atoms with Gasteiger partial charge in [-0.05, 0) is 35.1 Å². The lowest BCUT2D eigenvalue weighted by Crippen LogP contribution is -2.15. The molecule has 0 saturated carbocycles. The van der Waals surface area contributed by atoms with Crippen molar-refractivity contribution in [1.82, 2.24) is 5.32 Å². The van der Waals surface area contributed by atoms with E-state index in [2.05, 4.69) is 32.7 Å². The van der Waals surface area contributed by atoms with Crippen LogP contribution in [0.25, 0.3) is 0 Å². The molecule has 0 fully saturated rings. The van der Waals surface area contributed by atoms with Crippen LogP contribution in [-0.2, 0) is 0 Å². The highest BCUT2D eigenvalue weighted by Gasteiger charge is 2.14. The van der Waals surface area contributed by atoms with Crippen molar-refractivity contribution < 1.29 is 4.42 Å². The molecule has 0 radical (unpaired) electrons. The third-order valence-corrected chi connectivity index (χ3v) is 3.80. The number of halogens is 1. The summed E-state index contributed by atoms with van der Waals surface area (Å²) in [5.74, 6) is 0. The van der Waals surface area contributed by atoms with Gasteiger partial charge in [-0.25, -0.2) is 0 Å². The molecule has 14 heavy (non-hydrogen) atoms. The van der Waals surface area contributed by atoms with Gasteiger partial charge in [0.2, 0.25) is 0 Å². The summed E-state index contributed by atoms with van der Waals surface area (Å²) < 4.78 is 6.20. The van der Waals surface area contributed by atoms with E-state index in [1.165, 1.54) is 4.88 Å². The van der Waals surface area contributed by atoms with Crippen molar-refractivity contribution in [1.29, 1.82) is 0 Å². The highest BCUT2D eigenvalue weighted by Crippen LogP contribution is 2.29. The molecule has 1 atom stereocenters. The minimum Gasteiger partial charge on any atom is -0.472 e. The first-order chi connectivity index (χ1) is 6.81. The van der Waals surface area contributed by atoms with Crippen molar-refractivity contribution in [2.75, 3.05) is 7.05 Å². The van der Waals surface area contributed by atoms with Gasteiger partial charge in [-0.2, -0.15) is 0 Å². The van der Waals surface area contributed by atoms with Crippen molar-refractivity contribution in [3.8, 4) is 0 Å². The van der Waals surface area contributed by atoms with Crippen molar-refractivity contribution in [3.63, 3.8) is 0 Å². The molecule has 2 nitrogen and oxygen atoms in total. The Bertz CT molecular complexity index is 396. The third-order valence-electron chi connectivity index (χ3n) is 2.04. The fraction of sp³-hybridized carbons (Fsp3) is 0.200. The van der Waals surface area contributed by atoms with Crippen LogP contribution in [0.2, 0.25) is 0 Å². The molecular weight excluding hydrogens is 262 g/mol. The van der Waals surface area contributed by atoms with Crippen LogP contribution in [0.15, 0.2) is 38.9 Å². The van der Waals surface area contributed by atoms with Crippen LogP contribution in [0.3, 0.4) is 0 Å². The minimum absolute atomic E-state index is 0.227. The molecule has 2 aromatic rings. The van der Waals surface area contributed by atoms with Crippen molar-refractivity contribution >= 4 is 27.3 Å². The van der Waals surface area contributed by atoms with Crippen LogP contribution in [0.5, 0.6) is 0 Å². The molecule has 0 spiro atoms. The summed E-state index contributed by atoms with van der Waals surface area (Å²) in [7, 11) is 1.95. The second kappa shape index (κ2) is 4.29. The Morgan fingerprint density at radius 3 is 2.93 bits per heavy atom. The number of furan rings is 1. The quantitative estimate of drug-likeness (QED) is 0.926. The maximum Gasteiger partial charge on any atom is 0.0954 e. The number of nitrogens with one attached hydrogen (secondary N) is 1. The topological polar surface area (TPSA) is 25.2 Å². The smallest absolute Gasteiger partial charge is 0.0954 e. The molecular formula is C10H10BrNOS. The summed E-state index contributed by atoms with van der Waals surface area (Å²) in [5, 5.41) is 5.35. The SMILES string of the molecule is CNC(c1ccoc1)c1cc(Br)cs1. The molecule has 2 rings (SSSR count). The Balaban J connectivity index is 2.31. The monoisotopic (exact) mass is 271 g/mol. The predicted octanol–water partition coefficient (Wildman–Crippen LogP) is 3.41. The zero-order chi connectivity index (χ0) is 9.97. The van der Waals surface area contributed by atoms with E-state index in [0.29, 0.717) is 0 Å². The molecule has 1 unspecified atom stereocenters. The van der Waals surface area contributed by atoms with Gasteiger partial charge in [0, 0.05) is 20.3 Å².